The van der Waals surface area contributed by atoms with Crippen LogP contribution in [0, 0.1) is 11.2 Å². The minimum absolute atomic E-state index is 0.314. The summed E-state index contributed by atoms with van der Waals surface area (Å²) in [5, 5.41) is 0. The zero-order valence-electron chi connectivity index (χ0n) is 17.6. The number of hydrogen-bond donors (Lipinski definition) is 1. The molecule has 2 saturated heterocycles. The molecule has 1 aromatic rings. The van der Waals surface area contributed by atoms with Crippen LogP contribution in [0.4, 0.5) is 10.1 Å². The number of anilines is 1. The molecule has 0 bridgehead atoms. The third kappa shape index (κ3) is 4.16. The molecular formula is C22H33FN6. The second kappa shape index (κ2) is 8.40. The van der Waals surface area contributed by atoms with Crippen molar-refractivity contribution in [1.29, 1.82) is 0 Å². The molecule has 1 atom stereocenters. The zero-order valence-corrected chi connectivity index (χ0v) is 17.6. The Bertz CT molecular complexity index is 778. The van der Waals surface area contributed by atoms with Crippen molar-refractivity contribution in [2.45, 2.75) is 32.2 Å². The van der Waals surface area contributed by atoms with E-state index >= 15 is 0 Å². The summed E-state index contributed by atoms with van der Waals surface area (Å²) < 4.78 is 14.0. The Hall–Kier alpha value is -1.99. The van der Waals surface area contributed by atoms with Crippen LogP contribution >= 0.6 is 0 Å². The van der Waals surface area contributed by atoms with Crippen LogP contribution in [0.15, 0.2) is 29.5 Å². The molecule has 7 heteroatoms. The summed E-state index contributed by atoms with van der Waals surface area (Å²) in [6, 6.07) is 2.29. The van der Waals surface area contributed by atoms with Gasteiger partial charge in [-0.05, 0) is 50.9 Å². The fourth-order valence-corrected chi connectivity index (χ4v) is 5.54. The molecule has 4 rings (SSSR count). The van der Waals surface area contributed by atoms with E-state index in [-0.39, 0.29) is 5.82 Å². The molecule has 0 aromatic carbocycles. The van der Waals surface area contributed by atoms with Crippen molar-refractivity contribution in [2.75, 3.05) is 57.8 Å². The molecule has 0 amide bonds. The van der Waals surface area contributed by atoms with Crippen LogP contribution in [0.2, 0.25) is 0 Å². The van der Waals surface area contributed by atoms with Crippen molar-refractivity contribution in [2.24, 2.45) is 16.1 Å². The maximum absolute atomic E-state index is 14.0. The van der Waals surface area contributed by atoms with Crippen LogP contribution in [-0.4, -0.2) is 79.4 Å². The van der Waals surface area contributed by atoms with E-state index in [2.05, 4.69) is 31.7 Å². The van der Waals surface area contributed by atoms with Gasteiger partial charge in [0.15, 0.2) is 0 Å². The molecule has 3 heterocycles. The number of aliphatic imine (C=N–C) groups is 1. The number of likely N-dealkylation sites (tertiary alicyclic amines) is 1. The van der Waals surface area contributed by atoms with Gasteiger partial charge in [0, 0.05) is 57.9 Å². The normalized spacial score (nSPS) is 25.8. The molecule has 1 saturated carbocycles. The van der Waals surface area contributed by atoms with Gasteiger partial charge in [-0.3, -0.25) is 9.89 Å². The molecule has 1 aromatic heterocycles. The summed E-state index contributed by atoms with van der Waals surface area (Å²) in [6.45, 7) is 8.91. The lowest BCUT2D eigenvalue weighted by molar-refractivity contribution is 0.0204. The monoisotopic (exact) mass is 400 g/mol. The fraction of sp³-hybridized carbons (Fsp3) is 0.636. The Morgan fingerprint density at radius 3 is 2.76 bits per heavy atom. The fourth-order valence-electron chi connectivity index (χ4n) is 5.54. The SMILES string of the molecule is CCN=C(/C=C\N)c1ncc(F)cc1N1CCN(C2CCC3(C2)CN(C)C3)CC1. The summed E-state index contributed by atoms with van der Waals surface area (Å²) in [4.78, 5) is 16.2. The first-order chi connectivity index (χ1) is 14.0. The zero-order chi connectivity index (χ0) is 20.4. The predicted octanol–water partition coefficient (Wildman–Crippen LogP) is 2.11. The van der Waals surface area contributed by atoms with Gasteiger partial charge in [0.25, 0.3) is 0 Å². The van der Waals surface area contributed by atoms with E-state index in [4.69, 9.17) is 5.73 Å². The summed E-state index contributed by atoms with van der Waals surface area (Å²) in [5.74, 6) is -0.314. The summed E-state index contributed by atoms with van der Waals surface area (Å²) in [5.41, 5.74) is 8.42. The van der Waals surface area contributed by atoms with Crippen molar-refractivity contribution >= 4 is 11.4 Å². The molecule has 1 unspecified atom stereocenters. The highest BCUT2D eigenvalue weighted by atomic mass is 19.1. The van der Waals surface area contributed by atoms with Crippen molar-refractivity contribution < 1.29 is 4.39 Å². The van der Waals surface area contributed by atoms with Gasteiger partial charge in [-0.15, -0.1) is 0 Å². The van der Waals surface area contributed by atoms with E-state index in [1.165, 1.54) is 44.7 Å². The van der Waals surface area contributed by atoms with Gasteiger partial charge in [0.1, 0.15) is 11.5 Å². The Balaban J connectivity index is 1.45. The summed E-state index contributed by atoms with van der Waals surface area (Å²) >= 11 is 0. The minimum Gasteiger partial charge on any atom is -0.405 e. The molecule has 2 N–H and O–H groups in total. The largest absolute Gasteiger partial charge is 0.405 e. The number of allylic oxidation sites excluding steroid dienone is 1. The second-order valence-corrected chi connectivity index (χ2v) is 8.83. The van der Waals surface area contributed by atoms with Gasteiger partial charge in [-0.2, -0.15) is 0 Å². The Labute approximate surface area is 173 Å². The predicted molar refractivity (Wildman–Crippen MR) is 116 cm³/mol. The van der Waals surface area contributed by atoms with Gasteiger partial charge in [0.05, 0.1) is 17.6 Å². The molecule has 3 aliphatic rings. The average molecular weight is 401 g/mol. The topological polar surface area (TPSA) is 61.0 Å². The van der Waals surface area contributed by atoms with E-state index in [0.717, 1.165) is 31.9 Å². The molecule has 6 nitrogen and oxygen atoms in total. The standard InChI is InChI=1S/C22H33FN6/c1-3-25-19(5-7-24)21-20(12-17(23)14-26-21)29-10-8-28(9-11-29)18-4-6-22(13-18)15-27(2)16-22/h5,7,12,14,18H,3-4,6,8-11,13,15-16,24H2,1-2H3/b7-5-,25-19?. The van der Waals surface area contributed by atoms with Crippen LogP contribution in [0.3, 0.4) is 0 Å². The smallest absolute Gasteiger partial charge is 0.143 e. The quantitative estimate of drug-likeness (QED) is 0.767. The van der Waals surface area contributed by atoms with Crippen LogP contribution in [-0.2, 0) is 0 Å². The second-order valence-electron chi connectivity index (χ2n) is 8.83. The van der Waals surface area contributed by atoms with Gasteiger partial charge in [-0.25, -0.2) is 9.37 Å². The van der Waals surface area contributed by atoms with E-state index in [1.54, 1.807) is 12.1 Å². The molecule has 3 fully saturated rings. The van der Waals surface area contributed by atoms with Crippen molar-refractivity contribution in [1.82, 2.24) is 14.8 Å². The number of hydrogen-bond acceptors (Lipinski definition) is 6. The maximum atomic E-state index is 14.0. The number of rotatable bonds is 5. The highest BCUT2D eigenvalue weighted by molar-refractivity contribution is 6.10. The van der Waals surface area contributed by atoms with Crippen LogP contribution in [0.1, 0.15) is 31.9 Å². The number of piperazine rings is 1. The molecule has 1 spiro atoms. The van der Waals surface area contributed by atoms with Crippen molar-refractivity contribution in [3.05, 3.63) is 36.1 Å². The Morgan fingerprint density at radius 1 is 1.34 bits per heavy atom. The van der Waals surface area contributed by atoms with Crippen LogP contribution < -0.4 is 10.6 Å². The first-order valence-corrected chi connectivity index (χ1v) is 10.8. The number of nitrogens with zero attached hydrogens (tertiary/aromatic N) is 5. The van der Waals surface area contributed by atoms with Crippen molar-refractivity contribution in [3.8, 4) is 0 Å². The number of pyridine rings is 1. The van der Waals surface area contributed by atoms with Crippen LogP contribution in [0.5, 0.6) is 0 Å². The molecule has 29 heavy (non-hydrogen) atoms. The minimum atomic E-state index is -0.314. The van der Waals surface area contributed by atoms with Crippen LogP contribution in [0.25, 0.3) is 0 Å². The summed E-state index contributed by atoms with van der Waals surface area (Å²) in [6.07, 6.45) is 8.49. The first kappa shape index (κ1) is 20.3. The van der Waals surface area contributed by atoms with Gasteiger partial charge >= 0.3 is 0 Å². The Morgan fingerprint density at radius 2 is 2.10 bits per heavy atom. The third-order valence-electron chi connectivity index (χ3n) is 6.72. The number of nitrogens with two attached hydrogens (primary N) is 1. The Kier molecular flexibility index (Phi) is 5.88. The van der Waals surface area contributed by atoms with Gasteiger partial charge < -0.3 is 15.5 Å². The summed E-state index contributed by atoms with van der Waals surface area (Å²) in [7, 11) is 2.22. The molecule has 2 aliphatic heterocycles. The number of halogens is 1. The maximum Gasteiger partial charge on any atom is 0.143 e. The first-order valence-electron chi connectivity index (χ1n) is 10.8. The van der Waals surface area contributed by atoms with E-state index in [9.17, 15) is 4.39 Å². The lowest BCUT2D eigenvalue weighted by Gasteiger charge is -2.47. The molecule has 158 valence electrons. The highest BCUT2D eigenvalue weighted by Gasteiger charge is 2.48. The third-order valence-corrected chi connectivity index (χ3v) is 6.72. The molecular weight excluding hydrogens is 367 g/mol. The van der Waals surface area contributed by atoms with Crippen molar-refractivity contribution in [3.63, 3.8) is 0 Å². The number of aromatic nitrogens is 1. The molecule has 1 aliphatic carbocycles. The molecule has 0 radical (unpaired) electrons. The lowest BCUT2D eigenvalue weighted by Crippen LogP contribution is -2.54. The van der Waals surface area contributed by atoms with Gasteiger partial charge in [-0.1, -0.05) is 0 Å². The van der Waals surface area contributed by atoms with E-state index < -0.39 is 0 Å². The van der Waals surface area contributed by atoms with E-state index in [1.807, 2.05) is 6.92 Å². The lowest BCUT2D eigenvalue weighted by atomic mass is 9.78. The van der Waals surface area contributed by atoms with Gasteiger partial charge in [0.2, 0.25) is 0 Å². The van der Waals surface area contributed by atoms with E-state index in [0.29, 0.717) is 29.4 Å². The average Bonchev–Trinajstić information content (AvgIpc) is 3.13. The highest BCUT2D eigenvalue weighted by Crippen LogP contribution is 2.46.